The average molecular weight is 430 g/mol. The Morgan fingerprint density at radius 2 is 1.63 bits per heavy atom. The van der Waals surface area contributed by atoms with Crippen LogP contribution in [0.2, 0.25) is 0 Å². The maximum Gasteiger partial charge on any atom is 0.246 e. The summed E-state index contributed by atoms with van der Waals surface area (Å²) in [6, 6.07) is 5.26. The Morgan fingerprint density at radius 3 is 2.30 bits per heavy atom. The first-order valence-corrected chi connectivity index (χ1v) is 10.9. The van der Waals surface area contributed by atoms with Crippen LogP contribution >= 0.6 is 0 Å². The molecule has 3 aromatic rings. The number of aryl methyl sites for hydroxylation is 2. The number of hydrogen-bond acceptors (Lipinski definition) is 8. The molecule has 0 saturated carbocycles. The number of nitrogens with zero attached hydrogens (tertiary/aromatic N) is 7. The molecule has 30 heavy (non-hydrogen) atoms. The van der Waals surface area contributed by atoms with Gasteiger partial charge in [0.2, 0.25) is 10.0 Å². The minimum absolute atomic E-state index is 0.206. The zero-order chi connectivity index (χ0) is 21.3. The van der Waals surface area contributed by atoms with Crippen LogP contribution in [0.15, 0.2) is 42.1 Å². The first kappa shape index (κ1) is 20.2. The molecule has 2 aromatic heterocycles. The fourth-order valence-corrected chi connectivity index (χ4v) is 5.03. The van der Waals surface area contributed by atoms with Gasteiger partial charge < -0.3 is 9.64 Å². The standard InChI is InChI=1S/C19H23N7O3S/c1-14-8-16(29-3)17(9-15(14)2)30(27,28)25-6-4-24(5-7-25)18-10-19(22-12-21-18)26-13-20-11-23-26/h8-13H,4-7H2,1-3H3. The molecule has 0 bridgehead atoms. The van der Waals surface area contributed by atoms with Gasteiger partial charge in [-0.3, -0.25) is 0 Å². The summed E-state index contributed by atoms with van der Waals surface area (Å²) in [5.74, 6) is 1.69. The van der Waals surface area contributed by atoms with Crippen molar-refractivity contribution in [1.29, 1.82) is 0 Å². The minimum atomic E-state index is -3.67. The first-order chi connectivity index (χ1) is 14.4. The van der Waals surface area contributed by atoms with Crippen molar-refractivity contribution in [3.63, 3.8) is 0 Å². The third kappa shape index (κ3) is 3.73. The predicted molar refractivity (Wildman–Crippen MR) is 110 cm³/mol. The highest BCUT2D eigenvalue weighted by molar-refractivity contribution is 7.89. The molecule has 158 valence electrons. The van der Waals surface area contributed by atoms with Gasteiger partial charge in [0.25, 0.3) is 0 Å². The van der Waals surface area contributed by atoms with Crippen LogP contribution in [0, 0.1) is 13.8 Å². The number of methoxy groups -OCH3 is 1. The third-order valence-electron chi connectivity index (χ3n) is 5.25. The van der Waals surface area contributed by atoms with Gasteiger partial charge in [0.05, 0.1) is 7.11 Å². The van der Waals surface area contributed by atoms with Crippen LogP contribution in [-0.4, -0.2) is 70.7 Å². The molecule has 0 spiro atoms. The van der Waals surface area contributed by atoms with Crippen molar-refractivity contribution in [1.82, 2.24) is 29.0 Å². The Morgan fingerprint density at radius 1 is 0.933 bits per heavy atom. The quantitative estimate of drug-likeness (QED) is 0.595. The number of benzene rings is 1. The van der Waals surface area contributed by atoms with Crippen molar-refractivity contribution in [3.8, 4) is 11.6 Å². The molecule has 1 fully saturated rings. The van der Waals surface area contributed by atoms with Crippen LogP contribution < -0.4 is 9.64 Å². The van der Waals surface area contributed by atoms with E-state index in [4.69, 9.17) is 4.74 Å². The van der Waals surface area contributed by atoms with E-state index in [9.17, 15) is 8.42 Å². The lowest BCUT2D eigenvalue weighted by Crippen LogP contribution is -2.49. The summed E-state index contributed by atoms with van der Waals surface area (Å²) in [4.78, 5) is 14.7. The molecule has 0 N–H and O–H groups in total. The first-order valence-electron chi connectivity index (χ1n) is 9.47. The summed E-state index contributed by atoms with van der Waals surface area (Å²) in [6.45, 7) is 5.55. The van der Waals surface area contributed by atoms with Gasteiger partial charge in [-0.25, -0.2) is 28.1 Å². The van der Waals surface area contributed by atoms with Gasteiger partial charge in [0, 0.05) is 32.2 Å². The number of hydrogen-bond donors (Lipinski definition) is 0. The monoisotopic (exact) mass is 429 g/mol. The van der Waals surface area contributed by atoms with Crippen LogP contribution in [0.5, 0.6) is 5.75 Å². The van der Waals surface area contributed by atoms with E-state index in [1.165, 1.54) is 24.1 Å². The zero-order valence-corrected chi connectivity index (χ0v) is 17.9. The SMILES string of the molecule is COc1cc(C)c(C)cc1S(=O)(=O)N1CCN(c2cc(-n3cncn3)ncn2)CC1. The Balaban J connectivity index is 1.52. The highest BCUT2D eigenvalue weighted by Crippen LogP contribution is 2.30. The van der Waals surface area contributed by atoms with E-state index >= 15 is 0 Å². The molecule has 11 heteroatoms. The van der Waals surface area contributed by atoms with Gasteiger partial charge in [0.1, 0.15) is 35.4 Å². The molecule has 3 heterocycles. The van der Waals surface area contributed by atoms with E-state index < -0.39 is 10.0 Å². The molecule has 1 aliphatic heterocycles. The molecule has 0 amide bonds. The lowest BCUT2D eigenvalue weighted by atomic mass is 10.1. The predicted octanol–water partition coefficient (Wildman–Crippen LogP) is 1.19. The summed E-state index contributed by atoms with van der Waals surface area (Å²) in [6.07, 6.45) is 4.47. The maximum atomic E-state index is 13.3. The largest absolute Gasteiger partial charge is 0.495 e. The zero-order valence-electron chi connectivity index (χ0n) is 17.1. The van der Waals surface area contributed by atoms with Gasteiger partial charge >= 0.3 is 0 Å². The Hall–Kier alpha value is -3.05. The third-order valence-corrected chi connectivity index (χ3v) is 7.17. The summed E-state index contributed by atoms with van der Waals surface area (Å²) in [7, 11) is -2.18. The molecule has 0 aliphatic carbocycles. The van der Waals surface area contributed by atoms with Gasteiger partial charge in [-0.2, -0.15) is 9.40 Å². The summed E-state index contributed by atoms with van der Waals surface area (Å²) in [5, 5.41) is 4.08. The van der Waals surface area contributed by atoms with Crippen LogP contribution in [0.1, 0.15) is 11.1 Å². The minimum Gasteiger partial charge on any atom is -0.495 e. The molecule has 0 atom stereocenters. The molecule has 1 aliphatic rings. The van der Waals surface area contributed by atoms with Crippen molar-refractivity contribution >= 4 is 15.8 Å². The highest BCUT2D eigenvalue weighted by atomic mass is 32.2. The molecular formula is C19H23N7O3S. The normalized spacial score (nSPS) is 15.4. The molecule has 10 nitrogen and oxygen atoms in total. The van der Waals surface area contributed by atoms with Gasteiger partial charge in [-0.1, -0.05) is 0 Å². The lowest BCUT2D eigenvalue weighted by Gasteiger charge is -2.35. The van der Waals surface area contributed by atoms with E-state index in [-0.39, 0.29) is 4.90 Å². The van der Waals surface area contributed by atoms with Crippen LogP contribution in [0.25, 0.3) is 5.82 Å². The fourth-order valence-electron chi connectivity index (χ4n) is 3.38. The Bertz CT molecular complexity index is 1140. The van der Waals surface area contributed by atoms with Crippen molar-refractivity contribution in [2.75, 3.05) is 38.2 Å². The van der Waals surface area contributed by atoms with E-state index in [0.29, 0.717) is 37.7 Å². The van der Waals surface area contributed by atoms with E-state index in [2.05, 4.69) is 20.1 Å². The molecule has 0 radical (unpaired) electrons. The number of ether oxygens (including phenoxy) is 1. The smallest absolute Gasteiger partial charge is 0.246 e. The topological polar surface area (TPSA) is 106 Å². The van der Waals surface area contributed by atoms with E-state index in [1.807, 2.05) is 24.8 Å². The second-order valence-corrected chi connectivity index (χ2v) is 8.96. The van der Waals surface area contributed by atoms with Crippen molar-refractivity contribution < 1.29 is 13.2 Å². The number of anilines is 1. The average Bonchev–Trinajstić information content (AvgIpc) is 3.30. The van der Waals surface area contributed by atoms with E-state index in [0.717, 1.165) is 16.9 Å². The summed E-state index contributed by atoms with van der Waals surface area (Å²) < 4.78 is 34.9. The van der Waals surface area contributed by atoms with Crippen LogP contribution in [0.4, 0.5) is 5.82 Å². The molecule has 1 aromatic carbocycles. The lowest BCUT2D eigenvalue weighted by molar-refractivity contribution is 0.373. The van der Waals surface area contributed by atoms with Gasteiger partial charge in [0.15, 0.2) is 5.82 Å². The number of piperazine rings is 1. The maximum absolute atomic E-state index is 13.3. The fraction of sp³-hybridized carbons (Fsp3) is 0.368. The van der Waals surface area contributed by atoms with Crippen molar-refractivity contribution in [2.45, 2.75) is 18.7 Å². The Kier molecular flexibility index (Phi) is 5.39. The highest BCUT2D eigenvalue weighted by Gasteiger charge is 2.31. The van der Waals surface area contributed by atoms with Crippen molar-refractivity contribution in [2.24, 2.45) is 0 Å². The number of sulfonamides is 1. The number of rotatable bonds is 5. The van der Waals surface area contributed by atoms with Gasteiger partial charge in [-0.05, 0) is 37.1 Å². The van der Waals surface area contributed by atoms with Crippen LogP contribution in [-0.2, 0) is 10.0 Å². The Labute approximate surface area is 175 Å². The van der Waals surface area contributed by atoms with Gasteiger partial charge in [-0.15, -0.1) is 0 Å². The molecule has 4 rings (SSSR count). The summed E-state index contributed by atoms with van der Waals surface area (Å²) in [5.41, 5.74) is 1.90. The van der Waals surface area contributed by atoms with Crippen molar-refractivity contribution in [3.05, 3.63) is 48.3 Å². The molecule has 0 unspecified atom stereocenters. The second-order valence-electron chi connectivity index (χ2n) is 7.05. The molecular weight excluding hydrogens is 406 g/mol. The second kappa shape index (κ2) is 8.00. The summed E-state index contributed by atoms with van der Waals surface area (Å²) >= 11 is 0. The van der Waals surface area contributed by atoms with Crippen LogP contribution in [0.3, 0.4) is 0 Å². The van der Waals surface area contributed by atoms with E-state index in [1.54, 1.807) is 23.1 Å². The molecule has 1 saturated heterocycles. The number of aromatic nitrogens is 5.